The van der Waals surface area contributed by atoms with E-state index >= 15 is 0 Å². The number of carbonyl (C=O) groups is 1. The number of hydrogen-bond acceptors (Lipinski definition) is 2. The first-order chi connectivity index (χ1) is 8.31. The molecule has 1 saturated heterocycles. The molecule has 0 saturated carbocycles. The minimum atomic E-state index is -3.36. The topological polar surface area (TPSA) is 38.3 Å². The normalized spacial score (nSPS) is 21.1. The molecule has 1 aliphatic heterocycles. The van der Waals surface area contributed by atoms with Crippen molar-refractivity contribution in [1.29, 1.82) is 0 Å². The third-order valence-electron chi connectivity index (χ3n) is 2.64. The van der Waals surface area contributed by atoms with E-state index in [1.54, 1.807) is 0 Å². The molecule has 1 amide bonds. The molecule has 0 spiro atoms. The predicted octanol–water partition coefficient (Wildman–Crippen LogP) is 3.73. The number of rotatable bonds is 1. The van der Waals surface area contributed by atoms with Crippen LogP contribution in [0.5, 0.6) is 0 Å². The molecule has 1 heterocycles. The van der Waals surface area contributed by atoms with E-state index in [9.17, 15) is 18.0 Å². The second kappa shape index (κ2) is 5.58. The van der Waals surface area contributed by atoms with Crippen LogP contribution in [0.1, 0.15) is 17.2 Å². The Morgan fingerprint density at radius 2 is 2.11 bits per heavy atom. The summed E-state index contributed by atoms with van der Waals surface area (Å²) in [6.45, 7) is 0.400. The monoisotopic (exact) mass is 359 g/mol. The van der Waals surface area contributed by atoms with Gasteiger partial charge in [-0.2, -0.15) is 0 Å². The van der Waals surface area contributed by atoms with Crippen molar-refractivity contribution in [3.63, 3.8) is 0 Å². The van der Waals surface area contributed by atoms with Crippen molar-refractivity contribution in [3.05, 3.63) is 33.5 Å². The molecule has 1 fully saturated rings. The summed E-state index contributed by atoms with van der Waals surface area (Å²) in [6.07, 6.45) is -0.983. The van der Waals surface area contributed by atoms with Crippen molar-refractivity contribution in [2.45, 2.75) is 18.9 Å². The Kier molecular flexibility index (Phi) is 4.73. The van der Waals surface area contributed by atoms with Crippen LogP contribution in [0.15, 0.2) is 16.6 Å². The van der Waals surface area contributed by atoms with Crippen LogP contribution in [-0.2, 0) is 4.74 Å². The molecular formula is C11H10BrClF3NO2. The fourth-order valence-electron chi connectivity index (χ4n) is 1.78. The summed E-state index contributed by atoms with van der Waals surface area (Å²) in [5, 5.41) is 1.95. The molecule has 106 valence electrons. The average Bonchev–Trinajstić information content (AvgIpc) is 2.27. The van der Waals surface area contributed by atoms with E-state index in [0.29, 0.717) is 4.47 Å². The summed E-state index contributed by atoms with van der Waals surface area (Å²) in [5.74, 6) is -4.12. The van der Waals surface area contributed by atoms with Gasteiger partial charge in [-0.05, 0) is 24.6 Å². The molecule has 8 heteroatoms. The Balaban J connectivity index is 0.00000180. The second-order valence-electron chi connectivity index (χ2n) is 4.04. The van der Waals surface area contributed by atoms with E-state index in [1.807, 2.05) is 5.32 Å². The first-order valence-corrected chi connectivity index (χ1v) is 5.87. The molecule has 1 N–H and O–H groups in total. The van der Waals surface area contributed by atoms with Gasteiger partial charge >= 0.3 is 12.0 Å². The fourth-order valence-corrected chi connectivity index (χ4v) is 2.37. The van der Waals surface area contributed by atoms with Crippen molar-refractivity contribution in [1.82, 2.24) is 5.32 Å². The number of alkyl halides is 2. The molecule has 0 bridgehead atoms. The van der Waals surface area contributed by atoms with E-state index in [-0.39, 0.29) is 23.5 Å². The van der Waals surface area contributed by atoms with E-state index in [0.717, 1.165) is 0 Å². The van der Waals surface area contributed by atoms with Crippen LogP contribution in [-0.4, -0.2) is 18.6 Å². The Labute approximate surface area is 122 Å². The molecule has 2 rings (SSSR count). The molecule has 0 aliphatic carbocycles. The number of ether oxygens (including phenoxy) is 1. The lowest BCUT2D eigenvalue weighted by Crippen LogP contribution is -2.50. The van der Waals surface area contributed by atoms with E-state index in [4.69, 9.17) is 0 Å². The lowest BCUT2D eigenvalue weighted by atomic mass is 9.97. The van der Waals surface area contributed by atoms with Gasteiger partial charge < -0.3 is 10.1 Å². The molecule has 1 aromatic carbocycles. The SMILES string of the molecule is Cc1cc(Br)cc([C@H]2NC(=O)OCC2(F)F)c1F.Cl. The van der Waals surface area contributed by atoms with Gasteiger partial charge in [0, 0.05) is 10.0 Å². The van der Waals surface area contributed by atoms with Crippen LogP contribution in [0.2, 0.25) is 0 Å². The number of carbonyl (C=O) groups excluding carboxylic acids is 1. The highest BCUT2D eigenvalue weighted by Gasteiger charge is 2.48. The van der Waals surface area contributed by atoms with Crippen LogP contribution in [0, 0.1) is 12.7 Å². The van der Waals surface area contributed by atoms with Crippen molar-refractivity contribution in [2.24, 2.45) is 0 Å². The molecule has 1 aliphatic rings. The third kappa shape index (κ3) is 3.14. The number of halogens is 5. The van der Waals surface area contributed by atoms with E-state index in [2.05, 4.69) is 20.7 Å². The molecule has 0 radical (unpaired) electrons. The van der Waals surface area contributed by atoms with Gasteiger partial charge in [-0.1, -0.05) is 15.9 Å². The van der Waals surface area contributed by atoms with Gasteiger partial charge in [-0.15, -0.1) is 12.4 Å². The zero-order valence-corrected chi connectivity index (χ0v) is 12.1. The zero-order valence-electron chi connectivity index (χ0n) is 9.68. The molecule has 0 aromatic heterocycles. The standard InChI is InChI=1S/C11H9BrF3NO2.ClH/c1-5-2-6(12)3-7(8(5)13)9-11(14,15)4-18-10(17)16-9;/h2-3,9H,4H2,1H3,(H,16,17);1H/t9-;/m1./s1. The van der Waals surface area contributed by atoms with Crippen LogP contribution < -0.4 is 5.32 Å². The minimum absolute atomic E-state index is 0. The van der Waals surface area contributed by atoms with Crippen molar-refractivity contribution in [2.75, 3.05) is 6.61 Å². The number of alkyl carbamates (subject to hydrolysis) is 1. The Morgan fingerprint density at radius 1 is 1.47 bits per heavy atom. The number of cyclic esters (lactones) is 1. The number of benzene rings is 1. The molecule has 19 heavy (non-hydrogen) atoms. The minimum Gasteiger partial charge on any atom is -0.443 e. The van der Waals surface area contributed by atoms with Crippen molar-refractivity contribution >= 4 is 34.4 Å². The number of nitrogens with one attached hydrogen (secondary N) is 1. The summed E-state index contributed by atoms with van der Waals surface area (Å²) in [6, 6.07) is 0.972. The Bertz CT molecular complexity index is 513. The van der Waals surface area contributed by atoms with Crippen molar-refractivity contribution < 1.29 is 22.7 Å². The third-order valence-corrected chi connectivity index (χ3v) is 3.10. The van der Waals surface area contributed by atoms with Gasteiger partial charge in [0.1, 0.15) is 11.9 Å². The lowest BCUT2D eigenvalue weighted by Gasteiger charge is -2.32. The molecular weight excluding hydrogens is 350 g/mol. The van der Waals surface area contributed by atoms with E-state index < -0.39 is 30.5 Å². The fraction of sp³-hybridized carbons (Fsp3) is 0.364. The van der Waals surface area contributed by atoms with Crippen LogP contribution in [0.4, 0.5) is 18.0 Å². The molecule has 1 atom stereocenters. The van der Waals surface area contributed by atoms with E-state index in [1.165, 1.54) is 19.1 Å². The quantitative estimate of drug-likeness (QED) is 0.829. The Morgan fingerprint density at radius 3 is 2.74 bits per heavy atom. The highest BCUT2D eigenvalue weighted by atomic mass is 79.9. The summed E-state index contributed by atoms with van der Waals surface area (Å²) in [7, 11) is 0. The zero-order chi connectivity index (χ0) is 13.5. The van der Waals surface area contributed by atoms with Crippen LogP contribution in [0.25, 0.3) is 0 Å². The first kappa shape index (κ1) is 16.1. The molecule has 0 unspecified atom stereocenters. The highest BCUT2D eigenvalue weighted by molar-refractivity contribution is 9.10. The largest absolute Gasteiger partial charge is 0.443 e. The lowest BCUT2D eigenvalue weighted by molar-refractivity contribution is -0.105. The smallest absolute Gasteiger partial charge is 0.408 e. The van der Waals surface area contributed by atoms with Gasteiger partial charge in [0.2, 0.25) is 0 Å². The summed E-state index contributed by atoms with van der Waals surface area (Å²) in [5.41, 5.74) is -0.0422. The van der Waals surface area contributed by atoms with Crippen LogP contribution in [0.3, 0.4) is 0 Å². The maximum atomic E-state index is 13.9. The summed E-state index contributed by atoms with van der Waals surface area (Å²) in [4.78, 5) is 11.0. The van der Waals surface area contributed by atoms with Gasteiger partial charge in [0.05, 0.1) is 0 Å². The molecule has 1 aromatic rings. The number of aryl methyl sites for hydroxylation is 1. The summed E-state index contributed by atoms with van der Waals surface area (Å²) >= 11 is 3.11. The number of hydrogen-bond donors (Lipinski definition) is 1. The second-order valence-corrected chi connectivity index (χ2v) is 4.96. The average molecular weight is 361 g/mol. The van der Waals surface area contributed by atoms with Gasteiger partial charge in [0.25, 0.3) is 0 Å². The predicted molar refractivity (Wildman–Crippen MR) is 68.3 cm³/mol. The first-order valence-electron chi connectivity index (χ1n) is 5.08. The van der Waals surface area contributed by atoms with Gasteiger partial charge in [-0.3, -0.25) is 0 Å². The van der Waals surface area contributed by atoms with Gasteiger partial charge in [-0.25, -0.2) is 18.0 Å². The number of amides is 1. The van der Waals surface area contributed by atoms with Crippen LogP contribution >= 0.6 is 28.3 Å². The maximum absolute atomic E-state index is 13.9. The Hall–Kier alpha value is -0.950. The maximum Gasteiger partial charge on any atom is 0.408 e. The highest BCUT2D eigenvalue weighted by Crippen LogP contribution is 2.37. The molecule has 3 nitrogen and oxygen atoms in total. The summed E-state index contributed by atoms with van der Waals surface area (Å²) < 4.78 is 45.9. The van der Waals surface area contributed by atoms with Crippen molar-refractivity contribution in [3.8, 4) is 0 Å². The van der Waals surface area contributed by atoms with Gasteiger partial charge in [0.15, 0.2) is 6.61 Å².